The molecule has 3 aromatic rings. The van der Waals surface area contributed by atoms with E-state index >= 15 is 0 Å². The van der Waals surface area contributed by atoms with Gasteiger partial charge in [0, 0.05) is 0 Å². The van der Waals surface area contributed by atoms with Crippen LogP contribution in [-0.4, -0.2) is 28.0 Å². The second kappa shape index (κ2) is 5.73. The normalized spacial score (nSPS) is 10.4. The van der Waals surface area contributed by atoms with Crippen LogP contribution in [0.15, 0.2) is 60.8 Å². The third-order valence-electron chi connectivity index (χ3n) is 3.31. The molecule has 0 spiro atoms. The Hall–Kier alpha value is -3.08. The quantitative estimate of drug-likeness (QED) is 0.754. The molecule has 0 bridgehead atoms. The fourth-order valence-corrected chi connectivity index (χ4v) is 2.18. The summed E-state index contributed by atoms with van der Waals surface area (Å²) < 4.78 is 6.01. The van der Waals surface area contributed by atoms with Crippen LogP contribution in [0.3, 0.4) is 0 Å². The van der Waals surface area contributed by atoms with Gasteiger partial charge in [0.25, 0.3) is 0 Å². The Kier molecular flexibility index (Phi) is 3.62. The van der Waals surface area contributed by atoms with Crippen LogP contribution in [0.5, 0.6) is 5.75 Å². The van der Waals surface area contributed by atoms with Crippen molar-refractivity contribution in [1.82, 2.24) is 9.78 Å². The molecule has 0 aliphatic heterocycles. The number of aromatic hydroxyl groups is 1. The summed E-state index contributed by atoms with van der Waals surface area (Å²) in [5.41, 5.74) is 2.83. The number of hydrogen-bond acceptors (Lipinski definition) is 4. The van der Waals surface area contributed by atoms with Gasteiger partial charge in [0.1, 0.15) is 0 Å². The number of aromatic nitrogens is 2. The van der Waals surface area contributed by atoms with E-state index in [0.29, 0.717) is 0 Å². The Bertz CT molecular complexity index is 793. The molecule has 110 valence electrons. The van der Waals surface area contributed by atoms with E-state index in [2.05, 4.69) is 9.84 Å². The minimum atomic E-state index is -0.669. The number of methoxy groups -OCH3 is 1. The zero-order valence-corrected chi connectivity index (χ0v) is 11.9. The van der Waals surface area contributed by atoms with Gasteiger partial charge >= 0.3 is 5.97 Å². The Labute approximate surface area is 127 Å². The molecule has 1 aromatic heterocycles. The number of esters is 1. The summed E-state index contributed by atoms with van der Waals surface area (Å²) in [6, 6.07) is 17.7. The van der Waals surface area contributed by atoms with Gasteiger partial charge in [-0.15, -0.1) is 0 Å². The molecule has 5 nitrogen and oxygen atoms in total. The smallest absolute Gasteiger partial charge is 0.362 e. The summed E-state index contributed by atoms with van der Waals surface area (Å²) in [6.45, 7) is 0. The third-order valence-corrected chi connectivity index (χ3v) is 3.31. The SMILES string of the molecule is COC(=O)c1nn(-c2ccc(-c3ccccc3)cc2)cc1O. The van der Waals surface area contributed by atoms with Crippen molar-refractivity contribution in [3.05, 3.63) is 66.5 Å². The van der Waals surface area contributed by atoms with Crippen molar-refractivity contribution in [2.45, 2.75) is 0 Å². The lowest BCUT2D eigenvalue weighted by atomic mass is 10.1. The van der Waals surface area contributed by atoms with Crippen LogP contribution in [0.25, 0.3) is 16.8 Å². The molecule has 2 aromatic carbocycles. The monoisotopic (exact) mass is 294 g/mol. The lowest BCUT2D eigenvalue weighted by Crippen LogP contribution is -2.04. The maximum absolute atomic E-state index is 11.5. The molecular weight excluding hydrogens is 280 g/mol. The van der Waals surface area contributed by atoms with E-state index in [1.807, 2.05) is 54.6 Å². The minimum absolute atomic E-state index is 0.102. The van der Waals surface area contributed by atoms with Gasteiger partial charge in [-0.3, -0.25) is 0 Å². The Morgan fingerprint density at radius 1 is 1.05 bits per heavy atom. The number of hydrogen-bond donors (Lipinski definition) is 1. The summed E-state index contributed by atoms with van der Waals surface area (Å²) in [4.78, 5) is 11.5. The van der Waals surface area contributed by atoms with Crippen molar-refractivity contribution in [2.75, 3.05) is 7.11 Å². The highest BCUT2D eigenvalue weighted by atomic mass is 16.5. The number of ether oxygens (including phenoxy) is 1. The van der Waals surface area contributed by atoms with Crippen molar-refractivity contribution in [3.8, 4) is 22.6 Å². The number of benzene rings is 2. The van der Waals surface area contributed by atoms with Crippen molar-refractivity contribution >= 4 is 5.97 Å². The lowest BCUT2D eigenvalue weighted by molar-refractivity contribution is 0.0590. The minimum Gasteiger partial charge on any atom is -0.504 e. The molecule has 3 rings (SSSR count). The summed E-state index contributed by atoms with van der Waals surface area (Å²) in [7, 11) is 1.25. The Morgan fingerprint density at radius 3 is 2.32 bits per heavy atom. The van der Waals surface area contributed by atoms with Crippen molar-refractivity contribution < 1.29 is 14.6 Å². The van der Waals surface area contributed by atoms with Crippen LogP contribution < -0.4 is 0 Å². The molecule has 0 amide bonds. The zero-order valence-electron chi connectivity index (χ0n) is 11.9. The van der Waals surface area contributed by atoms with E-state index in [0.717, 1.165) is 16.8 Å². The van der Waals surface area contributed by atoms with E-state index in [1.165, 1.54) is 18.0 Å². The van der Waals surface area contributed by atoms with E-state index in [-0.39, 0.29) is 11.4 Å². The second-order valence-electron chi connectivity index (χ2n) is 4.71. The topological polar surface area (TPSA) is 64.3 Å². The van der Waals surface area contributed by atoms with Crippen molar-refractivity contribution in [2.24, 2.45) is 0 Å². The van der Waals surface area contributed by atoms with Crippen LogP contribution in [-0.2, 0) is 4.74 Å². The van der Waals surface area contributed by atoms with Crippen molar-refractivity contribution in [1.29, 1.82) is 0 Å². The first kappa shape index (κ1) is 13.9. The highest BCUT2D eigenvalue weighted by Gasteiger charge is 2.17. The summed E-state index contributed by atoms with van der Waals surface area (Å²) in [5.74, 6) is -0.879. The van der Waals surface area contributed by atoms with Gasteiger partial charge in [-0.2, -0.15) is 5.10 Å². The molecule has 22 heavy (non-hydrogen) atoms. The van der Waals surface area contributed by atoms with E-state index in [4.69, 9.17) is 0 Å². The first-order chi connectivity index (χ1) is 10.7. The summed E-state index contributed by atoms with van der Waals surface area (Å²) >= 11 is 0. The molecule has 0 unspecified atom stereocenters. The largest absolute Gasteiger partial charge is 0.504 e. The first-order valence-corrected chi connectivity index (χ1v) is 6.72. The molecule has 1 heterocycles. The molecule has 5 heteroatoms. The number of nitrogens with zero attached hydrogens (tertiary/aromatic N) is 2. The zero-order chi connectivity index (χ0) is 15.5. The third kappa shape index (κ3) is 2.56. The van der Waals surface area contributed by atoms with Crippen LogP contribution in [0.2, 0.25) is 0 Å². The van der Waals surface area contributed by atoms with Gasteiger partial charge in [-0.25, -0.2) is 9.48 Å². The molecule has 0 aliphatic rings. The summed E-state index contributed by atoms with van der Waals surface area (Å²) in [5, 5.41) is 13.8. The predicted molar refractivity (Wildman–Crippen MR) is 82.0 cm³/mol. The fraction of sp³-hybridized carbons (Fsp3) is 0.0588. The van der Waals surface area contributed by atoms with Gasteiger partial charge in [0.2, 0.25) is 5.69 Å². The highest BCUT2D eigenvalue weighted by Crippen LogP contribution is 2.22. The van der Waals surface area contributed by atoms with Gasteiger partial charge in [0.05, 0.1) is 19.0 Å². The average Bonchev–Trinajstić information content (AvgIpc) is 2.97. The molecule has 0 aliphatic carbocycles. The fourth-order valence-electron chi connectivity index (χ4n) is 2.18. The Morgan fingerprint density at radius 2 is 1.68 bits per heavy atom. The lowest BCUT2D eigenvalue weighted by Gasteiger charge is -2.04. The van der Waals surface area contributed by atoms with Crippen LogP contribution >= 0.6 is 0 Å². The maximum atomic E-state index is 11.5. The molecule has 1 N–H and O–H groups in total. The second-order valence-corrected chi connectivity index (χ2v) is 4.71. The maximum Gasteiger partial charge on any atom is 0.362 e. The van der Waals surface area contributed by atoms with Gasteiger partial charge in [0.15, 0.2) is 5.75 Å². The van der Waals surface area contributed by atoms with Crippen LogP contribution in [0.1, 0.15) is 10.5 Å². The van der Waals surface area contributed by atoms with Gasteiger partial charge < -0.3 is 9.84 Å². The first-order valence-electron chi connectivity index (χ1n) is 6.72. The number of rotatable bonds is 3. The van der Waals surface area contributed by atoms with Crippen molar-refractivity contribution in [3.63, 3.8) is 0 Å². The van der Waals surface area contributed by atoms with Crippen LogP contribution in [0, 0.1) is 0 Å². The molecule has 0 saturated carbocycles. The highest BCUT2D eigenvalue weighted by molar-refractivity contribution is 5.90. The molecular formula is C17H14N2O3. The van der Waals surface area contributed by atoms with Crippen LogP contribution in [0.4, 0.5) is 0 Å². The molecule has 0 saturated heterocycles. The van der Waals surface area contributed by atoms with E-state index < -0.39 is 5.97 Å². The average molecular weight is 294 g/mol. The number of carbonyl (C=O) groups is 1. The van der Waals surface area contributed by atoms with Gasteiger partial charge in [-0.1, -0.05) is 42.5 Å². The standard InChI is InChI=1S/C17H14N2O3/c1-22-17(21)16-15(20)11-19(18-16)14-9-7-13(8-10-14)12-5-3-2-4-6-12/h2-11,20H,1H3. The van der Waals surface area contributed by atoms with E-state index in [1.54, 1.807) is 0 Å². The molecule has 0 fully saturated rings. The number of carbonyl (C=O) groups excluding carboxylic acids is 1. The Balaban J connectivity index is 1.92. The van der Waals surface area contributed by atoms with E-state index in [9.17, 15) is 9.90 Å². The summed E-state index contributed by atoms with van der Waals surface area (Å²) in [6.07, 6.45) is 1.38. The molecule has 0 atom stereocenters. The van der Waals surface area contributed by atoms with Gasteiger partial charge in [-0.05, 0) is 23.3 Å². The predicted octanol–water partition coefficient (Wildman–Crippen LogP) is 3.03. The molecule has 0 radical (unpaired) electrons.